The van der Waals surface area contributed by atoms with Gasteiger partial charge in [0, 0.05) is 54.6 Å². The van der Waals surface area contributed by atoms with Crippen LogP contribution in [0.2, 0.25) is 0 Å². The van der Waals surface area contributed by atoms with E-state index < -0.39 is 0 Å². The molecule has 2 unspecified atom stereocenters. The predicted molar refractivity (Wildman–Crippen MR) is 166 cm³/mol. The van der Waals surface area contributed by atoms with Crippen molar-refractivity contribution in [2.75, 3.05) is 28.6 Å². The number of hydrogen-bond donors (Lipinski definition) is 3. The molecule has 0 radical (unpaired) electrons. The lowest BCUT2D eigenvalue weighted by Crippen LogP contribution is -2.47. The van der Waals surface area contributed by atoms with Crippen LogP contribution in [-0.2, 0) is 6.54 Å². The Bertz CT molecular complexity index is 1510. The summed E-state index contributed by atoms with van der Waals surface area (Å²) in [5, 5.41) is 10.4. The molecule has 2 aliphatic heterocycles. The number of carbonyl (C=O) groups is 1. The summed E-state index contributed by atoms with van der Waals surface area (Å²) in [6.07, 6.45) is 5.50. The first-order valence-corrected chi connectivity index (χ1v) is 14.8. The topological polar surface area (TPSA) is 78.4 Å². The Morgan fingerprint density at radius 1 is 0.925 bits per heavy atom. The Labute approximate surface area is 241 Å². The number of benzene rings is 2. The van der Waals surface area contributed by atoms with Gasteiger partial charge in [-0.1, -0.05) is 25.0 Å². The van der Waals surface area contributed by atoms with E-state index in [0.717, 1.165) is 61.7 Å². The van der Waals surface area contributed by atoms with E-state index in [2.05, 4.69) is 52.9 Å². The van der Waals surface area contributed by atoms with Crippen LogP contribution in [0, 0.1) is 19.8 Å². The molecule has 3 aromatic rings. The van der Waals surface area contributed by atoms with Crippen LogP contribution in [-0.4, -0.2) is 34.7 Å². The molecule has 2 bridgehead atoms. The van der Waals surface area contributed by atoms with Crippen LogP contribution >= 0.6 is 12.2 Å². The number of fused-ring (bicyclic) bond motifs is 4. The standard InChI is InChI=1S/C32H37N5O2S/c1-20-10-12-26(14-21(20)2)34-32(40)35-27-16-23(31(39)33-25-6-3-4-7-25)11-13-29(27)36-17-22-15-24(19-36)28-8-5-9-30(38)37(28)18-22/h5,8-14,16,22,24-25H,3-4,6-7,15,17-19H2,1-2H3,(H,33,39)(H2,34,35,40). The fourth-order valence-corrected chi connectivity index (χ4v) is 6.82. The Morgan fingerprint density at radius 2 is 1.75 bits per heavy atom. The first-order chi connectivity index (χ1) is 19.3. The number of nitrogens with zero attached hydrogens (tertiary/aromatic N) is 2. The lowest BCUT2D eigenvalue weighted by molar-refractivity contribution is 0.0938. The molecule has 3 heterocycles. The van der Waals surface area contributed by atoms with E-state index in [4.69, 9.17) is 12.2 Å². The molecule has 3 N–H and O–H groups in total. The Balaban J connectivity index is 1.28. The van der Waals surface area contributed by atoms with Crippen LogP contribution in [0.3, 0.4) is 0 Å². The fraction of sp³-hybridized carbons (Fsp3) is 0.406. The maximum absolute atomic E-state index is 13.2. The van der Waals surface area contributed by atoms with Gasteiger partial charge in [-0.2, -0.15) is 0 Å². The number of aryl methyl sites for hydroxylation is 2. The summed E-state index contributed by atoms with van der Waals surface area (Å²) < 4.78 is 1.95. The molecule has 208 valence electrons. The van der Waals surface area contributed by atoms with Gasteiger partial charge in [-0.25, -0.2) is 0 Å². The van der Waals surface area contributed by atoms with E-state index in [-0.39, 0.29) is 23.4 Å². The van der Waals surface area contributed by atoms with Crippen LogP contribution in [0.4, 0.5) is 17.1 Å². The smallest absolute Gasteiger partial charge is 0.251 e. The number of thiocarbonyl (C=S) groups is 1. The lowest BCUT2D eigenvalue weighted by atomic mass is 9.83. The predicted octanol–water partition coefficient (Wildman–Crippen LogP) is 5.57. The fourth-order valence-electron chi connectivity index (χ4n) is 6.59. The zero-order valence-corrected chi connectivity index (χ0v) is 24.0. The molecule has 1 amide bonds. The van der Waals surface area contributed by atoms with E-state index in [1.165, 1.54) is 24.0 Å². The minimum atomic E-state index is -0.0432. The summed E-state index contributed by atoms with van der Waals surface area (Å²) >= 11 is 5.75. The number of carbonyl (C=O) groups excluding carboxylic acids is 1. The van der Waals surface area contributed by atoms with E-state index >= 15 is 0 Å². The largest absolute Gasteiger partial charge is 0.369 e. The third-order valence-electron chi connectivity index (χ3n) is 8.78. The number of anilines is 3. The van der Waals surface area contributed by atoms with Crippen LogP contribution in [0.25, 0.3) is 0 Å². The van der Waals surface area contributed by atoms with Crippen molar-refractivity contribution in [3.63, 3.8) is 0 Å². The molecule has 0 spiro atoms. The first kappa shape index (κ1) is 26.6. The molecule has 1 saturated carbocycles. The molecule has 1 aliphatic carbocycles. The maximum Gasteiger partial charge on any atom is 0.251 e. The lowest BCUT2D eigenvalue weighted by Gasteiger charge is -2.44. The van der Waals surface area contributed by atoms with Crippen molar-refractivity contribution < 1.29 is 4.79 Å². The number of nitrogens with one attached hydrogen (secondary N) is 3. The zero-order chi connectivity index (χ0) is 27.8. The van der Waals surface area contributed by atoms with Gasteiger partial charge < -0.3 is 25.4 Å². The number of amides is 1. The van der Waals surface area contributed by atoms with Crippen LogP contribution in [0.1, 0.15) is 65.2 Å². The van der Waals surface area contributed by atoms with Crippen molar-refractivity contribution in [2.24, 2.45) is 5.92 Å². The molecule has 2 atom stereocenters. The minimum absolute atomic E-state index is 0.0432. The summed E-state index contributed by atoms with van der Waals surface area (Å²) in [5.74, 6) is 0.615. The summed E-state index contributed by atoms with van der Waals surface area (Å²) in [4.78, 5) is 28.1. The van der Waals surface area contributed by atoms with E-state index in [1.54, 1.807) is 6.07 Å². The summed E-state index contributed by atoms with van der Waals surface area (Å²) in [6, 6.07) is 17.9. The van der Waals surface area contributed by atoms with E-state index in [0.29, 0.717) is 16.6 Å². The van der Waals surface area contributed by atoms with Crippen molar-refractivity contribution in [1.29, 1.82) is 0 Å². The summed E-state index contributed by atoms with van der Waals surface area (Å²) in [7, 11) is 0. The van der Waals surface area contributed by atoms with Gasteiger partial charge in [0.2, 0.25) is 0 Å². The van der Waals surface area contributed by atoms with Gasteiger partial charge in [-0.15, -0.1) is 0 Å². The zero-order valence-electron chi connectivity index (χ0n) is 23.2. The first-order valence-electron chi connectivity index (χ1n) is 14.4. The molecule has 2 fully saturated rings. The highest BCUT2D eigenvalue weighted by Gasteiger charge is 2.35. The summed E-state index contributed by atoms with van der Waals surface area (Å²) in [5.41, 5.74) is 7.00. The molecule has 1 aromatic heterocycles. The molecule has 1 saturated heterocycles. The second kappa shape index (κ2) is 11.1. The van der Waals surface area contributed by atoms with Crippen LogP contribution in [0.5, 0.6) is 0 Å². The number of rotatable bonds is 5. The maximum atomic E-state index is 13.2. The highest BCUT2D eigenvalue weighted by molar-refractivity contribution is 7.80. The van der Waals surface area contributed by atoms with Crippen molar-refractivity contribution in [3.05, 3.63) is 87.3 Å². The monoisotopic (exact) mass is 555 g/mol. The Morgan fingerprint density at radius 3 is 2.55 bits per heavy atom. The van der Waals surface area contributed by atoms with Crippen molar-refractivity contribution in [2.45, 2.75) is 64.5 Å². The van der Waals surface area contributed by atoms with Gasteiger partial charge in [0.05, 0.1) is 11.4 Å². The Kier molecular flexibility index (Phi) is 7.36. The van der Waals surface area contributed by atoms with Crippen LogP contribution < -0.4 is 26.4 Å². The average molecular weight is 556 g/mol. The number of hydrogen-bond acceptors (Lipinski definition) is 4. The van der Waals surface area contributed by atoms with E-state index in [9.17, 15) is 9.59 Å². The molecule has 8 heteroatoms. The number of pyridine rings is 1. The van der Waals surface area contributed by atoms with Crippen LogP contribution in [0.15, 0.2) is 59.4 Å². The van der Waals surface area contributed by atoms with Gasteiger partial charge in [0.1, 0.15) is 0 Å². The van der Waals surface area contributed by atoms with Gasteiger partial charge in [0.25, 0.3) is 11.5 Å². The van der Waals surface area contributed by atoms with Gasteiger partial charge in [-0.3, -0.25) is 9.59 Å². The van der Waals surface area contributed by atoms with Gasteiger partial charge >= 0.3 is 0 Å². The number of aromatic nitrogens is 1. The third kappa shape index (κ3) is 5.50. The van der Waals surface area contributed by atoms with Gasteiger partial charge in [-0.05, 0) is 98.8 Å². The minimum Gasteiger partial charge on any atom is -0.369 e. The number of piperidine rings is 1. The van der Waals surface area contributed by atoms with Gasteiger partial charge in [0.15, 0.2) is 5.11 Å². The highest BCUT2D eigenvalue weighted by Crippen LogP contribution is 2.39. The second-order valence-corrected chi connectivity index (χ2v) is 12.1. The van der Waals surface area contributed by atoms with Crippen molar-refractivity contribution >= 4 is 40.3 Å². The third-order valence-corrected chi connectivity index (χ3v) is 8.99. The highest BCUT2D eigenvalue weighted by atomic mass is 32.1. The summed E-state index contributed by atoms with van der Waals surface area (Å²) in [6.45, 7) is 6.56. The van der Waals surface area contributed by atoms with Crippen molar-refractivity contribution in [3.8, 4) is 0 Å². The quantitative estimate of drug-likeness (QED) is 0.358. The molecule has 7 nitrogen and oxygen atoms in total. The molecule has 3 aliphatic rings. The molecular weight excluding hydrogens is 518 g/mol. The second-order valence-electron chi connectivity index (χ2n) is 11.7. The Hall–Kier alpha value is -3.65. The normalized spacial score (nSPS) is 20.1. The van der Waals surface area contributed by atoms with Crippen molar-refractivity contribution in [1.82, 2.24) is 9.88 Å². The SMILES string of the molecule is Cc1ccc(NC(=S)Nc2cc(C(=O)NC3CCCC3)ccc2N2CC3CC(C2)c2cccc(=O)n2C3)cc1C. The molecular formula is C32H37N5O2S. The van der Waals surface area contributed by atoms with E-state index in [1.807, 2.05) is 34.9 Å². The molecule has 2 aromatic carbocycles. The molecule has 6 rings (SSSR count). The molecule has 40 heavy (non-hydrogen) atoms. The average Bonchev–Trinajstić information content (AvgIpc) is 3.44.